The summed E-state index contributed by atoms with van der Waals surface area (Å²) in [6, 6.07) is 5.16. The van der Waals surface area contributed by atoms with Gasteiger partial charge in [0, 0.05) is 19.6 Å². The maximum Gasteiger partial charge on any atom is 0.257 e. The van der Waals surface area contributed by atoms with Gasteiger partial charge in [-0.25, -0.2) is 0 Å². The van der Waals surface area contributed by atoms with E-state index in [1.807, 2.05) is 6.92 Å². The molecule has 0 radical (unpaired) electrons. The molecule has 0 spiro atoms. The summed E-state index contributed by atoms with van der Waals surface area (Å²) in [5.41, 5.74) is 5.99. The molecular weight excluding hydrogens is 232 g/mol. The van der Waals surface area contributed by atoms with Crippen LogP contribution in [-0.2, 0) is 0 Å². The zero-order chi connectivity index (χ0) is 13.5. The van der Waals surface area contributed by atoms with Gasteiger partial charge in [0.25, 0.3) is 5.91 Å². The molecule has 0 aromatic heterocycles. The summed E-state index contributed by atoms with van der Waals surface area (Å²) in [7, 11) is 3.10. The van der Waals surface area contributed by atoms with Gasteiger partial charge in [-0.05, 0) is 25.1 Å². The fourth-order valence-electron chi connectivity index (χ4n) is 1.71. The third-order valence-corrected chi connectivity index (χ3v) is 2.71. The van der Waals surface area contributed by atoms with E-state index >= 15 is 0 Å². The SMILES string of the molecule is CCN(CCN)C(=O)c1cc(OC)ccc1OC. The molecule has 0 aliphatic carbocycles. The second kappa shape index (κ2) is 6.86. The second-order valence-electron chi connectivity index (χ2n) is 3.74. The molecule has 0 aliphatic rings. The Hall–Kier alpha value is -1.75. The van der Waals surface area contributed by atoms with Crippen LogP contribution in [-0.4, -0.2) is 44.7 Å². The van der Waals surface area contributed by atoms with Crippen LogP contribution in [0, 0.1) is 0 Å². The van der Waals surface area contributed by atoms with Gasteiger partial charge in [-0.1, -0.05) is 0 Å². The number of benzene rings is 1. The van der Waals surface area contributed by atoms with Crippen LogP contribution in [0.1, 0.15) is 17.3 Å². The highest BCUT2D eigenvalue weighted by Crippen LogP contribution is 2.25. The first-order valence-electron chi connectivity index (χ1n) is 5.89. The number of amides is 1. The molecule has 0 fully saturated rings. The lowest BCUT2D eigenvalue weighted by molar-refractivity contribution is 0.0765. The van der Waals surface area contributed by atoms with Gasteiger partial charge in [-0.2, -0.15) is 0 Å². The molecule has 5 nitrogen and oxygen atoms in total. The van der Waals surface area contributed by atoms with Crippen molar-refractivity contribution < 1.29 is 14.3 Å². The molecule has 100 valence electrons. The lowest BCUT2D eigenvalue weighted by Gasteiger charge is -2.21. The van der Waals surface area contributed by atoms with Crippen molar-refractivity contribution in [2.45, 2.75) is 6.92 Å². The second-order valence-corrected chi connectivity index (χ2v) is 3.74. The Morgan fingerprint density at radius 2 is 2.06 bits per heavy atom. The predicted octanol–water partition coefficient (Wildman–Crippen LogP) is 1.12. The van der Waals surface area contributed by atoms with E-state index in [0.29, 0.717) is 36.7 Å². The first-order valence-corrected chi connectivity index (χ1v) is 5.89. The van der Waals surface area contributed by atoms with E-state index in [-0.39, 0.29) is 5.91 Å². The normalized spacial score (nSPS) is 10.0. The maximum atomic E-state index is 12.3. The minimum atomic E-state index is -0.0984. The van der Waals surface area contributed by atoms with E-state index in [2.05, 4.69) is 0 Å². The number of ether oxygens (including phenoxy) is 2. The standard InChI is InChI=1S/C13H20N2O3/c1-4-15(8-7-14)13(16)11-9-10(17-2)5-6-12(11)18-3/h5-6,9H,4,7-8,14H2,1-3H3. The van der Waals surface area contributed by atoms with Gasteiger partial charge in [0.1, 0.15) is 11.5 Å². The van der Waals surface area contributed by atoms with Crippen molar-refractivity contribution in [2.24, 2.45) is 5.73 Å². The number of carbonyl (C=O) groups is 1. The number of methoxy groups -OCH3 is 2. The van der Waals surface area contributed by atoms with E-state index in [1.54, 1.807) is 30.2 Å². The number of nitrogens with zero attached hydrogens (tertiary/aromatic N) is 1. The molecule has 18 heavy (non-hydrogen) atoms. The van der Waals surface area contributed by atoms with Crippen LogP contribution < -0.4 is 15.2 Å². The Morgan fingerprint density at radius 1 is 1.33 bits per heavy atom. The van der Waals surface area contributed by atoms with Gasteiger partial charge >= 0.3 is 0 Å². The Balaban J connectivity index is 3.08. The predicted molar refractivity (Wildman–Crippen MR) is 70.2 cm³/mol. The number of hydrogen-bond acceptors (Lipinski definition) is 4. The molecule has 5 heteroatoms. The molecule has 1 amide bonds. The number of likely N-dealkylation sites (N-methyl/N-ethyl adjacent to an activating group) is 1. The van der Waals surface area contributed by atoms with Crippen molar-refractivity contribution in [2.75, 3.05) is 33.9 Å². The van der Waals surface area contributed by atoms with Crippen molar-refractivity contribution in [1.29, 1.82) is 0 Å². The number of rotatable bonds is 6. The summed E-state index contributed by atoms with van der Waals surface area (Å²) in [4.78, 5) is 14.0. The maximum absolute atomic E-state index is 12.3. The topological polar surface area (TPSA) is 64.8 Å². The van der Waals surface area contributed by atoms with Crippen LogP contribution in [0.2, 0.25) is 0 Å². The quantitative estimate of drug-likeness (QED) is 0.824. The fraction of sp³-hybridized carbons (Fsp3) is 0.462. The minimum absolute atomic E-state index is 0.0984. The van der Waals surface area contributed by atoms with Gasteiger partial charge in [0.2, 0.25) is 0 Å². The first kappa shape index (κ1) is 14.3. The third-order valence-electron chi connectivity index (χ3n) is 2.71. The van der Waals surface area contributed by atoms with E-state index < -0.39 is 0 Å². The van der Waals surface area contributed by atoms with E-state index in [4.69, 9.17) is 15.2 Å². The Bertz CT molecular complexity index is 407. The van der Waals surface area contributed by atoms with Crippen molar-refractivity contribution in [1.82, 2.24) is 4.90 Å². The van der Waals surface area contributed by atoms with Crippen LogP contribution in [0.5, 0.6) is 11.5 Å². The molecule has 1 rings (SSSR count). The van der Waals surface area contributed by atoms with Crippen LogP contribution >= 0.6 is 0 Å². The molecule has 0 heterocycles. The van der Waals surface area contributed by atoms with Gasteiger partial charge in [0.15, 0.2) is 0 Å². The number of nitrogens with two attached hydrogens (primary N) is 1. The van der Waals surface area contributed by atoms with Gasteiger partial charge < -0.3 is 20.1 Å². The summed E-state index contributed by atoms with van der Waals surface area (Å²) in [5, 5.41) is 0. The molecule has 0 saturated carbocycles. The number of hydrogen-bond donors (Lipinski definition) is 1. The largest absolute Gasteiger partial charge is 0.497 e. The summed E-state index contributed by atoms with van der Waals surface area (Å²) in [6.45, 7) is 3.48. The third kappa shape index (κ3) is 3.13. The van der Waals surface area contributed by atoms with Gasteiger partial charge in [-0.15, -0.1) is 0 Å². The average Bonchev–Trinajstić information content (AvgIpc) is 2.43. The summed E-state index contributed by atoms with van der Waals surface area (Å²) < 4.78 is 10.3. The molecule has 0 atom stereocenters. The van der Waals surface area contributed by atoms with Gasteiger partial charge in [0.05, 0.1) is 19.8 Å². The smallest absolute Gasteiger partial charge is 0.257 e. The summed E-state index contributed by atoms with van der Waals surface area (Å²) in [5.74, 6) is 1.07. The van der Waals surface area contributed by atoms with Crippen molar-refractivity contribution in [3.05, 3.63) is 23.8 Å². The Labute approximate surface area is 107 Å². The molecule has 2 N–H and O–H groups in total. The Morgan fingerprint density at radius 3 is 2.56 bits per heavy atom. The van der Waals surface area contributed by atoms with Gasteiger partial charge in [-0.3, -0.25) is 4.79 Å². The van der Waals surface area contributed by atoms with Crippen LogP contribution in [0.4, 0.5) is 0 Å². The fourth-order valence-corrected chi connectivity index (χ4v) is 1.71. The highest BCUT2D eigenvalue weighted by Gasteiger charge is 2.18. The first-order chi connectivity index (χ1) is 8.67. The number of carbonyl (C=O) groups excluding carboxylic acids is 1. The monoisotopic (exact) mass is 252 g/mol. The zero-order valence-corrected chi connectivity index (χ0v) is 11.1. The molecule has 0 saturated heterocycles. The molecular formula is C13H20N2O3. The minimum Gasteiger partial charge on any atom is -0.497 e. The summed E-state index contributed by atoms with van der Waals surface area (Å²) >= 11 is 0. The lowest BCUT2D eigenvalue weighted by atomic mass is 10.1. The highest BCUT2D eigenvalue weighted by molar-refractivity contribution is 5.97. The van der Waals surface area contributed by atoms with Crippen molar-refractivity contribution >= 4 is 5.91 Å². The van der Waals surface area contributed by atoms with Crippen LogP contribution in [0.3, 0.4) is 0 Å². The molecule has 0 unspecified atom stereocenters. The zero-order valence-electron chi connectivity index (χ0n) is 11.1. The molecule has 1 aromatic carbocycles. The highest BCUT2D eigenvalue weighted by atomic mass is 16.5. The van der Waals surface area contributed by atoms with Crippen molar-refractivity contribution in [3.8, 4) is 11.5 Å². The summed E-state index contributed by atoms with van der Waals surface area (Å²) in [6.07, 6.45) is 0. The van der Waals surface area contributed by atoms with Crippen molar-refractivity contribution in [3.63, 3.8) is 0 Å². The van der Waals surface area contributed by atoms with Crippen LogP contribution in [0.25, 0.3) is 0 Å². The van der Waals surface area contributed by atoms with Crippen LogP contribution in [0.15, 0.2) is 18.2 Å². The molecule has 0 aliphatic heterocycles. The van der Waals surface area contributed by atoms with E-state index in [0.717, 1.165) is 0 Å². The molecule has 1 aromatic rings. The average molecular weight is 252 g/mol. The Kier molecular flexibility index (Phi) is 5.45. The van der Waals surface area contributed by atoms with E-state index in [9.17, 15) is 4.79 Å². The van der Waals surface area contributed by atoms with E-state index in [1.165, 1.54) is 7.11 Å². The lowest BCUT2D eigenvalue weighted by Crippen LogP contribution is -2.35. The molecule has 0 bridgehead atoms.